The van der Waals surface area contributed by atoms with Crippen molar-refractivity contribution >= 4 is 5.91 Å². The van der Waals surface area contributed by atoms with Crippen molar-refractivity contribution in [2.75, 3.05) is 39.3 Å². The van der Waals surface area contributed by atoms with E-state index < -0.39 is 0 Å². The number of rotatable bonds is 4. The normalized spacial score (nSPS) is 32.0. The standard InChI is InChI=1S/C16H29N3O/c1-3-18(4-2)13-5-10-19(12-13)15(20)14-11-16(14)6-8-17-9-7-16/h13-14,17H,3-12H2,1-2H3. The fraction of sp³-hybridized carbons (Fsp3) is 0.938. The summed E-state index contributed by atoms with van der Waals surface area (Å²) in [6.45, 7) is 10.8. The predicted octanol–water partition coefficient (Wildman–Crippen LogP) is 1.32. The van der Waals surface area contributed by atoms with Crippen LogP contribution in [0.5, 0.6) is 0 Å². The lowest BCUT2D eigenvalue weighted by Crippen LogP contribution is -2.40. The van der Waals surface area contributed by atoms with Gasteiger partial charge in [0, 0.05) is 25.0 Å². The molecule has 0 aromatic rings. The van der Waals surface area contributed by atoms with Crippen molar-refractivity contribution in [1.82, 2.24) is 15.1 Å². The molecule has 3 rings (SSSR count). The number of hydrogen-bond donors (Lipinski definition) is 1. The molecule has 1 N–H and O–H groups in total. The molecule has 0 radical (unpaired) electrons. The number of likely N-dealkylation sites (N-methyl/N-ethyl adjacent to an activating group) is 1. The molecule has 20 heavy (non-hydrogen) atoms. The fourth-order valence-corrected chi connectivity index (χ4v) is 4.37. The zero-order valence-electron chi connectivity index (χ0n) is 13.0. The van der Waals surface area contributed by atoms with Crippen molar-refractivity contribution in [1.29, 1.82) is 0 Å². The van der Waals surface area contributed by atoms with Crippen molar-refractivity contribution in [3.05, 3.63) is 0 Å². The zero-order valence-corrected chi connectivity index (χ0v) is 13.0. The van der Waals surface area contributed by atoms with E-state index in [-0.39, 0.29) is 0 Å². The Bertz CT molecular complexity index is 361. The highest BCUT2D eigenvalue weighted by Crippen LogP contribution is 2.59. The second kappa shape index (κ2) is 5.64. The number of nitrogens with zero attached hydrogens (tertiary/aromatic N) is 2. The molecule has 3 aliphatic rings. The highest BCUT2D eigenvalue weighted by atomic mass is 16.2. The number of hydrogen-bond acceptors (Lipinski definition) is 3. The molecular weight excluding hydrogens is 250 g/mol. The largest absolute Gasteiger partial charge is 0.341 e. The molecule has 0 bridgehead atoms. The monoisotopic (exact) mass is 279 g/mol. The number of nitrogens with one attached hydrogen (secondary N) is 1. The van der Waals surface area contributed by atoms with E-state index in [2.05, 4.69) is 29.0 Å². The van der Waals surface area contributed by atoms with Gasteiger partial charge >= 0.3 is 0 Å². The second-order valence-electron chi connectivity index (χ2n) is 6.82. The topological polar surface area (TPSA) is 35.6 Å². The summed E-state index contributed by atoms with van der Waals surface area (Å²) in [4.78, 5) is 17.4. The van der Waals surface area contributed by atoms with Crippen LogP contribution >= 0.6 is 0 Å². The fourth-order valence-electron chi connectivity index (χ4n) is 4.37. The lowest BCUT2D eigenvalue weighted by atomic mass is 9.91. The molecule has 1 spiro atoms. The van der Waals surface area contributed by atoms with Crippen LogP contribution in [-0.2, 0) is 4.79 Å². The van der Waals surface area contributed by atoms with Gasteiger partial charge in [0.2, 0.25) is 5.91 Å². The van der Waals surface area contributed by atoms with E-state index in [0.29, 0.717) is 23.3 Å². The summed E-state index contributed by atoms with van der Waals surface area (Å²) in [5.41, 5.74) is 0.385. The van der Waals surface area contributed by atoms with Gasteiger partial charge in [-0.15, -0.1) is 0 Å². The first-order chi connectivity index (χ1) is 9.70. The Labute approximate surface area is 122 Å². The molecule has 114 valence electrons. The van der Waals surface area contributed by atoms with E-state index in [4.69, 9.17) is 0 Å². The highest BCUT2D eigenvalue weighted by molar-refractivity contribution is 5.83. The molecule has 2 atom stereocenters. The molecule has 2 saturated heterocycles. The van der Waals surface area contributed by atoms with E-state index in [0.717, 1.165) is 52.1 Å². The van der Waals surface area contributed by atoms with Crippen LogP contribution in [-0.4, -0.2) is 61.0 Å². The van der Waals surface area contributed by atoms with Crippen LogP contribution in [0.15, 0.2) is 0 Å². The molecule has 1 amide bonds. The van der Waals surface area contributed by atoms with Gasteiger partial charge in [0.05, 0.1) is 0 Å². The van der Waals surface area contributed by atoms with Gasteiger partial charge in [0.1, 0.15) is 0 Å². The van der Waals surface area contributed by atoms with Crippen molar-refractivity contribution in [3.63, 3.8) is 0 Å². The van der Waals surface area contributed by atoms with E-state index in [1.54, 1.807) is 0 Å². The summed E-state index contributed by atoms with van der Waals surface area (Å²) >= 11 is 0. The van der Waals surface area contributed by atoms with Crippen LogP contribution in [0.25, 0.3) is 0 Å². The van der Waals surface area contributed by atoms with Crippen molar-refractivity contribution in [3.8, 4) is 0 Å². The average molecular weight is 279 g/mol. The Balaban J connectivity index is 1.55. The Morgan fingerprint density at radius 2 is 2.00 bits per heavy atom. The summed E-state index contributed by atoms with van der Waals surface area (Å²) in [6.07, 6.45) is 4.72. The number of likely N-dealkylation sites (tertiary alicyclic amines) is 1. The second-order valence-corrected chi connectivity index (χ2v) is 6.82. The average Bonchev–Trinajstić information content (AvgIpc) is 2.95. The van der Waals surface area contributed by atoms with Crippen LogP contribution in [0.3, 0.4) is 0 Å². The molecular formula is C16H29N3O. The minimum absolute atomic E-state index is 0.347. The van der Waals surface area contributed by atoms with Gasteiger partial charge < -0.3 is 10.2 Å². The first-order valence-electron chi connectivity index (χ1n) is 8.43. The minimum Gasteiger partial charge on any atom is -0.341 e. The molecule has 2 aliphatic heterocycles. The third kappa shape index (κ3) is 2.48. The molecule has 4 nitrogen and oxygen atoms in total. The van der Waals surface area contributed by atoms with Crippen LogP contribution in [0.1, 0.15) is 39.5 Å². The first kappa shape index (κ1) is 14.3. The van der Waals surface area contributed by atoms with Crippen LogP contribution in [0.2, 0.25) is 0 Å². The minimum atomic E-state index is 0.347. The van der Waals surface area contributed by atoms with Gasteiger partial charge in [-0.3, -0.25) is 9.69 Å². The number of piperidine rings is 1. The van der Waals surface area contributed by atoms with Gasteiger partial charge in [-0.1, -0.05) is 13.8 Å². The first-order valence-corrected chi connectivity index (χ1v) is 8.43. The smallest absolute Gasteiger partial charge is 0.226 e. The Kier molecular flexibility index (Phi) is 4.04. The summed E-state index contributed by atoms with van der Waals surface area (Å²) in [7, 11) is 0. The number of carbonyl (C=O) groups excluding carboxylic acids is 1. The number of amides is 1. The third-order valence-electron chi connectivity index (χ3n) is 5.89. The summed E-state index contributed by atoms with van der Waals surface area (Å²) in [5, 5.41) is 3.42. The molecule has 3 fully saturated rings. The van der Waals surface area contributed by atoms with Crippen molar-refractivity contribution < 1.29 is 4.79 Å². The third-order valence-corrected chi connectivity index (χ3v) is 5.89. The molecule has 0 aromatic carbocycles. The Morgan fingerprint density at radius 3 is 2.65 bits per heavy atom. The summed E-state index contributed by atoms with van der Waals surface area (Å²) < 4.78 is 0. The lowest BCUT2D eigenvalue weighted by molar-refractivity contribution is -0.132. The molecule has 2 unspecified atom stereocenters. The van der Waals surface area contributed by atoms with E-state index in [9.17, 15) is 4.79 Å². The van der Waals surface area contributed by atoms with Gasteiger partial charge in [0.15, 0.2) is 0 Å². The van der Waals surface area contributed by atoms with Gasteiger partial charge in [-0.2, -0.15) is 0 Å². The lowest BCUT2D eigenvalue weighted by Gasteiger charge is -2.27. The SMILES string of the molecule is CCN(CC)C1CCN(C(=O)C2CC23CCNCC3)C1. The summed E-state index contributed by atoms with van der Waals surface area (Å²) in [5.74, 6) is 0.807. The zero-order chi connectivity index (χ0) is 14.2. The quantitative estimate of drug-likeness (QED) is 0.843. The maximum atomic E-state index is 12.7. The van der Waals surface area contributed by atoms with Gasteiger partial charge in [0.25, 0.3) is 0 Å². The Morgan fingerprint density at radius 1 is 1.30 bits per heavy atom. The van der Waals surface area contributed by atoms with Crippen LogP contribution < -0.4 is 5.32 Å². The van der Waals surface area contributed by atoms with Crippen LogP contribution in [0.4, 0.5) is 0 Å². The molecule has 4 heteroatoms. The maximum Gasteiger partial charge on any atom is 0.226 e. The molecule has 1 aliphatic carbocycles. The van der Waals surface area contributed by atoms with Crippen LogP contribution in [0, 0.1) is 11.3 Å². The van der Waals surface area contributed by atoms with Crippen molar-refractivity contribution in [2.45, 2.75) is 45.6 Å². The van der Waals surface area contributed by atoms with Crippen molar-refractivity contribution in [2.24, 2.45) is 11.3 Å². The Hall–Kier alpha value is -0.610. The number of carbonyl (C=O) groups is 1. The van der Waals surface area contributed by atoms with E-state index in [1.165, 1.54) is 12.8 Å². The molecule has 0 aromatic heterocycles. The van der Waals surface area contributed by atoms with Gasteiger partial charge in [-0.05, 0) is 57.3 Å². The van der Waals surface area contributed by atoms with E-state index in [1.807, 2.05) is 0 Å². The highest BCUT2D eigenvalue weighted by Gasteiger charge is 2.58. The molecule has 1 saturated carbocycles. The predicted molar refractivity (Wildman–Crippen MR) is 80.5 cm³/mol. The maximum absolute atomic E-state index is 12.7. The van der Waals surface area contributed by atoms with E-state index >= 15 is 0 Å². The summed E-state index contributed by atoms with van der Waals surface area (Å²) in [6, 6.07) is 0.594. The van der Waals surface area contributed by atoms with Gasteiger partial charge in [-0.25, -0.2) is 0 Å². The molecule has 2 heterocycles.